The van der Waals surface area contributed by atoms with Crippen LogP contribution >= 0.6 is 0 Å². The number of hydrogen-bond donors (Lipinski definition) is 1. The second-order valence-corrected chi connectivity index (χ2v) is 5.22. The fourth-order valence-electron chi connectivity index (χ4n) is 2.38. The molecule has 1 aromatic rings. The van der Waals surface area contributed by atoms with Crippen molar-refractivity contribution in [1.82, 2.24) is 4.90 Å². The number of carboxylic acid groups (broad SMARTS) is 1. The third-order valence-electron chi connectivity index (χ3n) is 3.55. The van der Waals surface area contributed by atoms with E-state index < -0.39 is 30.6 Å². The van der Waals surface area contributed by atoms with Gasteiger partial charge in [0.25, 0.3) is 5.91 Å². The summed E-state index contributed by atoms with van der Waals surface area (Å²) < 4.78 is 42.2. The minimum atomic E-state index is -4.30. The number of hydrogen-bond acceptors (Lipinski definition) is 3. The summed E-state index contributed by atoms with van der Waals surface area (Å²) in [6.45, 7) is 0.158. The molecular weight excluding hydrogens is 315 g/mol. The van der Waals surface area contributed by atoms with E-state index in [9.17, 15) is 22.8 Å². The van der Waals surface area contributed by atoms with E-state index in [0.717, 1.165) is 0 Å². The topological polar surface area (TPSA) is 66.8 Å². The SMILES string of the molecule is O=C(O)C1CN(C(=O)c2ccccc2CCC(F)(F)F)CCO1. The molecule has 0 aliphatic carbocycles. The molecule has 2 rings (SSSR count). The Bertz CT molecular complexity index is 588. The van der Waals surface area contributed by atoms with E-state index >= 15 is 0 Å². The van der Waals surface area contributed by atoms with Crippen molar-refractivity contribution in [2.75, 3.05) is 19.7 Å². The number of rotatable bonds is 4. The van der Waals surface area contributed by atoms with Crippen LogP contribution in [0.5, 0.6) is 0 Å². The van der Waals surface area contributed by atoms with Crippen LogP contribution in [-0.4, -0.2) is 53.9 Å². The molecule has 0 radical (unpaired) electrons. The standard InChI is InChI=1S/C15H16F3NO4/c16-15(17,18)6-5-10-3-1-2-4-11(10)13(20)19-7-8-23-12(9-19)14(21)22/h1-4,12H,5-9H2,(H,21,22). The molecule has 0 bridgehead atoms. The van der Waals surface area contributed by atoms with Gasteiger partial charge in [0.2, 0.25) is 0 Å². The summed E-state index contributed by atoms with van der Waals surface area (Å²) in [7, 11) is 0. The molecule has 1 atom stereocenters. The number of carboxylic acids is 1. The monoisotopic (exact) mass is 331 g/mol. The van der Waals surface area contributed by atoms with Gasteiger partial charge >= 0.3 is 12.1 Å². The predicted octanol–water partition coefficient (Wildman–Crippen LogP) is 2.11. The summed E-state index contributed by atoms with van der Waals surface area (Å²) in [4.78, 5) is 24.8. The van der Waals surface area contributed by atoms with Crippen molar-refractivity contribution in [3.63, 3.8) is 0 Å². The average Bonchev–Trinajstić information content (AvgIpc) is 2.52. The summed E-state index contributed by atoms with van der Waals surface area (Å²) in [6, 6.07) is 6.08. The molecule has 0 spiro atoms. The van der Waals surface area contributed by atoms with E-state index in [2.05, 4.69) is 0 Å². The van der Waals surface area contributed by atoms with Gasteiger partial charge in [-0.05, 0) is 18.1 Å². The summed E-state index contributed by atoms with van der Waals surface area (Å²) in [6.07, 6.45) is -6.73. The number of halogens is 3. The Hall–Kier alpha value is -2.09. The van der Waals surface area contributed by atoms with Crippen LogP contribution in [0, 0.1) is 0 Å². The fourth-order valence-corrected chi connectivity index (χ4v) is 2.38. The Balaban J connectivity index is 2.14. The van der Waals surface area contributed by atoms with E-state index in [-0.39, 0.29) is 31.7 Å². The largest absolute Gasteiger partial charge is 0.479 e. The summed E-state index contributed by atoms with van der Waals surface area (Å²) >= 11 is 0. The van der Waals surface area contributed by atoms with Crippen molar-refractivity contribution in [3.8, 4) is 0 Å². The van der Waals surface area contributed by atoms with Gasteiger partial charge in [-0.15, -0.1) is 0 Å². The maximum absolute atomic E-state index is 12.5. The van der Waals surface area contributed by atoms with Crippen LogP contribution in [0.3, 0.4) is 0 Å². The lowest BCUT2D eigenvalue weighted by Gasteiger charge is -2.31. The first-order valence-electron chi connectivity index (χ1n) is 7.06. The minimum Gasteiger partial charge on any atom is -0.479 e. The number of amides is 1. The number of carbonyl (C=O) groups excluding carboxylic acids is 1. The lowest BCUT2D eigenvalue weighted by atomic mass is 10.0. The number of ether oxygens (including phenoxy) is 1. The fraction of sp³-hybridized carbons (Fsp3) is 0.467. The van der Waals surface area contributed by atoms with Crippen molar-refractivity contribution < 1.29 is 32.6 Å². The van der Waals surface area contributed by atoms with Gasteiger partial charge in [-0.3, -0.25) is 4.79 Å². The maximum atomic E-state index is 12.5. The Morgan fingerprint density at radius 3 is 2.65 bits per heavy atom. The second-order valence-electron chi connectivity index (χ2n) is 5.22. The van der Waals surface area contributed by atoms with Crippen LogP contribution in [0.1, 0.15) is 22.3 Å². The smallest absolute Gasteiger partial charge is 0.389 e. The van der Waals surface area contributed by atoms with E-state index in [1.54, 1.807) is 12.1 Å². The van der Waals surface area contributed by atoms with E-state index in [0.29, 0.717) is 5.56 Å². The van der Waals surface area contributed by atoms with Crippen molar-refractivity contribution in [1.29, 1.82) is 0 Å². The summed E-state index contributed by atoms with van der Waals surface area (Å²) in [5.41, 5.74) is 0.469. The average molecular weight is 331 g/mol. The Kier molecular flexibility index (Phi) is 5.25. The molecule has 1 aromatic carbocycles. The van der Waals surface area contributed by atoms with E-state index in [1.165, 1.54) is 17.0 Å². The van der Waals surface area contributed by atoms with Gasteiger partial charge in [-0.25, -0.2) is 4.79 Å². The Labute approximate surface area is 130 Å². The van der Waals surface area contributed by atoms with E-state index in [1.807, 2.05) is 0 Å². The number of carbonyl (C=O) groups is 2. The first-order chi connectivity index (χ1) is 10.8. The van der Waals surface area contributed by atoms with Crippen molar-refractivity contribution in [3.05, 3.63) is 35.4 Å². The molecule has 126 valence electrons. The number of aryl methyl sites for hydroxylation is 1. The molecule has 23 heavy (non-hydrogen) atoms. The van der Waals surface area contributed by atoms with Gasteiger partial charge < -0.3 is 14.7 Å². The summed E-state index contributed by atoms with van der Waals surface area (Å²) in [5.74, 6) is -1.65. The van der Waals surface area contributed by atoms with Crippen LogP contribution in [-0.2, 0) is 16.0 Å². The quantitative estimate of drug-likeness (QED) is 0.918. The Morgan fingerprint density at radius 1 is 1.30 bits per heavy atom. The Morgan fingerprint density at radius 2 is 2.00 bits per heavy atom. The molecule has 5 nitrogen and oxygen atoms in total. The van der Waals surface area contributed by atoms with Gasteiger partial charge in [0, 0.05) is 18.5 Å². The van der Waals surface area contributed by atoms with Gasteiger partial charge in [-0.1, -0.05) is 18.2 Å². The number of alkyl halides is 3. The van der Waals surface area contributed by atoms with Crippen molar-refractivity contribution in [2.45, 2.75) is 25.1 Å². The normalized spacial score (nSPS) is 18.7. The predicted molar refractivity (Wildman–Crippen MR) is 74.1 cm³/mol. The number of aliphatic carboxylic acids is 1. The number of benzene rings is 1. The van der Waals surface area contributed by atoms with Gasteiger partial charge in [-0.2, -0.15) is 13.2 Å². The molecule has 1 aliphatic rings. The second kappa shape index (κ2) is 6.99. The zero-order valence-electron chi connectivity index (χ0n) is 12.2. The van der Waals surface area contributed by atoms with Crippen molar-refractivity contribution >= 4 is 11.9 Å². The molecule has 1 amide bonds. The number of nitrogens with zero attached hydrogens (tertiary/aromatic N) is 1. The van der Waals surface area contributed by atoms with Crippen LogP contribution < -0.4 is 0 Å². The molecule has 1 unspecified atom stereocenters. The first-order valence-corrected chi connectivity index (χ1v) is 7.06. The third-order valence-corrected chi connectivity index (χ3v) is 3.55. The highest BCUT2D eigenvalue weighted by Crippen LogP contribution is 2.24. The lowest BCUT2D eigenvalue weighted by Crippen LogP contribution is -2.48. The minimum absolute atomic E-state index is 0.0768. The highest BCUT2D eigenvalue weighted by Gasteiger charge is 2.31. The van der Waals surface area contributed by atoms with Gasteiger partial charge in [0.05, 0.1) is 13.2 Å². The molecule has 0 aromatic heterocycles. The lowest BCUT2D eigenvalue weighted by molar-refractivity contribution is -0.154. The summed E-state index contributed by atoms with van der Waals surface area (Å²) in [5, 5.41) is 8.95. The maximum Gasteiger partial charge on any atom is 0.389 e. The molecule has 1 aliphatic heterocycles. The van der Waals surface area contributed by atoms with Crippen LogP contribution in [0.2, 0.25) is 0 Å². The van der Waals surface area contributed by atoms with Crippen molar-refractivity contribution in [2.24, 2.45) is 0 Å². The highest BCUT2D eigenvalue weighted by atomic mass is 19.4. The molecule has 0 saturated carbocycles. The zero-order valence-corrected chi connectivity index (χ0v) is 12.2. The third kappa shape index (κ3) is 4.69. The molecular formula is C15H16F3NO4. The molecule has 1 saturated heterocycles. The van der Waals surface area contributed by atoms with Gasteiger partial charge in [0.15, 0.2) is 6.10 Å². The first kappa shape index (κ1) is 17.3. The highest BCUT2D eigenvalue weighted by molar-refractivity contribution is 5.96. The van der Waals surface area contributed by atoms with Crippen LogP contribution in [0.25, 0.3) is 0 Å². The van der Waals surface area contributed by atoms with E-state index in [4.69, 9.17) is 9.84 Å². The van der Waals surface area contributed by atoms with Crippen LogP contribution in [0.4, 0.5) is 13.2 Å². The van der Waals surface area contributed by atoms with Crippen LogP contribution in [0.15, 0.2) is 24.3 Å². The number of morpholine rings is 1. The molecule has 1 heterocycles. The zero-order chi connectivity index (χ0) is 17.0. The molecule has 8 heteroatoms. The molecule has 1 N–H and O–H groups in total. The molecule has 1 fully saturated rings. The van der Waals surface area contributed by atoms with Gasteiger partial charge in [0.1, 0.15) is 0 Å².